The summed E-state index contributed by atoms with van der Waals surface area (Å²) in [6, 6.07) is 15.1. The summed E-state index contributed by atoms with van der Waals surface area (Å²) in [5, 5.41) is 9.01. The van der Waals surface area contributed by atoms with E-state index in [-0.39, 0.29) is 49.3 Å². The molecule has 2 bridgehead atoms. The maximum absolute atomic E-state index is 14.0. The number of ether oxygens (including phenoxy) is 1. The molecule has 2 fully saturated rings. The molecule has 1 saturated carbocycles. The van der Waals surface area contributed by atoms with Crippen LogP contribution in [0, 0.1) is 5.92 Å². The minimum Gasteiger partial charge on any atom is -0.484 e. The quantitative estimate of drug-likeness (QED) is 0.319. The molecule has 1 saturated heterocycles. The SMILES string of the molecule is CN1C[C@@H]2NC(=O)[C@H](Cc3ccccc3)NC(=O)CN(CC3CC3)C(=O)[C@H](Cc3cnc[nH]3)NC(=O)COc3cccc(c3)[C@H]2C1. The number of nitrogens with zero attached hydrogens (tertiary/aromatic N) is 3. The van der Waals surface area contributed by atoms with Gasteiger partial charge in [0.1, 0.15) is 17.8 Å². The van der Waals surface area contributed by atoms with Crippen LogP contribution in [0.2, 0.25) is 0 Å². The first-order valence-electron chi connectivity index (χ1n) is 15.9. The molecule has 1 aliphatic carbocycles. The Hall–Kier alpha value is -4.71. The van der Waals surface area contributed by atoms with E-state index in [4.69, 9.17) is 4.74 Å². The summed E-state index contributed by atoms with van der Waals surface area (Å²) in [7, 11) is 2.01. The van der Waals surface area contributed by atoms with Gasteiger partial charge in [0.25, 0.3) is 5.91 Å². The van der Waals surface area contributed by atoms with Gasteiger partial charge in [0, 0.05) is 56.3 Å². The fourth-order valence-electron chi connectivity index (χ4n) is 6.34. The van der Waals surface area contributed by atoms with Crippen LogP contribution < -0.4 is 20.7 Å². The van der Waals surface area contributed by atoms with Crippen molar-refractivity contribution >= 4 is 23.6 Å². The van der Waals surface area contributed by atoms with Crippen molar-refractivity contribution in [3.63, 3.8) is 0 Å². The van der Waals surface area contributed by atoms with Gasteiger partial charge < -0.3 is 35.5 Å². The number of nitrogens with one attached hydrogen (secondary N) is 4. The number of hydrogen-bond acceptors (Lipinski definition) is 7. The Morgan fingerprint density at radius 3 is 2.46 bits per heavy atom. The molecule has 0 unspecified atom stereocenters. The Morgan fingerprint density at radius 1 is 0.891 bits per heavy atom. The molecule has 46 heavy (non-hydrogen) atoms. The van der Waals surface area contributed by atoms with Crippen molar-refractivity contribution in [2.45, 2.75) is 49.7 Å². The number of H-pyrrole nitrogens is 1. The number of fused-ring (bicyclic) bond motifs is 4. The third-order valence-electron chi connectivity index (χ3n) is 8.85. The minimum atomic E-state index is -0.952. The summed E-state index contributed by atoms with van der Waals surface area (Å²) in [6.45, 7) is 1.22. The molecule has 0 radical (unpaired) electrons. The molecular weight excluding hydrogens is 586 g/mol. The van der Waals surface area contributed by atoms with E-state index in [0.29, 0.717) is 31.0 Å². The number of aromatic amines is 1. The lowest BCUT2D eigenvalue weighted by Gasteiger charge is -2.29. The van der Waals surface area contributed by atoms with Crippen LogP contribution in [-0.4, -0.2) is 101 Å². The van der Waals surface area contributed by atoms with E-state index in [1.807, 2.05) is 55.6 Å². The van der Waals surface area contributed by atoms with E-state index >= 15 is 0 Å². The number of hydrogen-bond donors (Lipinski definition) is 4. The van der Waals surface area contributed by atoms with Gasteiger partial charge in [-0.2, -0.15) is 0 Å². The fourth-order valence-corrected chi connectivity index (χ4v) is 6.34. The lowest BCUT2D eigenvalue weighted by molar-refractivity contribution is -0.140. The largest absolute Gasteiger partial charge is 0.484 e. The number of likely N-dealkylation sites (tertiary alicyclic amines) is 1. The maximum Gasteiger partial charge on any atom is 0.258 e. The average molecular weight is 628 g/mol. The van der Waals surface area contributed by atoms with Gasteiger partial charge in [0.15, 0.2) is 6.61 Å². The van der Waals surface area contributed by atoms with Gasteiger partial charge in [-0.05, 0) is 49.1 Å². The molecule has 2 aromatic carbocycles. The highest BCUT2D eigenvalue weighted by Gasteiger charge is 2.37. The third kappa shape index (κ3) is 8.11. The first-order valence-corrected chi connectivity index (χ1v) is 15.9. The van der Waals surface area contributed by atoms with E-state index in [0.717, 1.165) is 30.5 Å². The predicted molar refractivity (Wildman–Crippen MR) is 170 cm³/mol. The van der Waals surface area contributed by atoms with Gasteiger partial charge in [0.2, 0.25) is 17.7 Å². The van der Waals surface area contributed by atoms with Crippen LogP contribution in [-0.2, 0) is 32.0 Å². The summed E-state index contributed by atoms with van der Waals surface area (Å²) in [6.07, 6.45) is 5.50. The van der Waals surface area contributed by atoms with Gasteiger partial charge >= 0.3 is 0 Å². The molecule has 242 valence electrons. The second-order valence-electron chi connectivity index (χ2n) is 12.7. The van der Waals surface area contributed by atoms with Crippen molar-refractivity contribution in [3.05, 3.63) is 83.9 Å². The highest BCUT2D eigenvalue weighted by Crippen LogP contribution is 2.31. The van der Waals surface area contributed by atoms with Crippen LogP contribution >= 0.6 is 0 Å². The second-order valence-corrected chi connectivity index (χ2v) is 12.7. The molecule has 3 aromatic rings. The summed E-state index contributed by atoms with van der Waals surface area (Å²) in [4.78, 5) is 65.5. The van der Waals surface area contributed by atoms with Crippen LogP contribution in [0.5, 0.6) is 5.75 Å². The molecule has 1 aromatic heterocycles. The molecule has 0 spiro atoms. The zero-order chi connectivity index (χ0) is 32.0. The number of imidazole rings is 1. The lowest BCUT2D eigenvalue weighted by atomic mass is 9.93. The Kier molecular flexibility index (Phi) is 9.62. The van der Waals surface area contributed by atoms with Crippen molar-refractivity contribution in [2.75, 3.05) is 39.8 Å². The van der Waals surface area contributed by atoms with Gasteiger partial charge in [-0.3, -0.25) is 19.2 Å². The van der Waals surface area contributed by atoms with Crippen LogP contribution in [0.1, 0.15) is 35.6 Å². The minimum absolute atomic E-state index is 0.0243. The molecule has 4 atom stereocenters. The van der Waals surface area contributed by atoms with Crippen molar-refractivity contribution in [1.82, 2.24) is 35.7 Å². The molecule has 4 amide bonds. The number of aromatic nitrogens is 2. The van der Waals surface area contributed by atoms with Crippen molar-refractivity contribution in [3.8, 4) is 5.75 Å². The normalized spacial score (nSPS) is 25.0. The van der Waals surface area contributed by atoms with Gasteiger partial charge in [0.05, 0.1) is 12.9 Å². The molecule has 12 heteroatoms. The Morgan fingerprint density at radius 2 is 1.70 bits per heavy atom. The molecule has 4 N–H and O–H groups in total. The summed E-state index contributed by atoms with van der Waals surface area (Å²) in [5.41, 5.74) is 2.55. The molecular formula is C34H41N7O5. The maximum atomic E-state index is 14.0. The van der Waals surface area contributed by atoms with Gasteiger partial charge in [-0.15, -0.1) is 0 Å². The van der Waals surface area contributed by atoms with E-state index < -0.39 is 23.9 Å². The zero-order valence-electron chi connectivity index (χ0n) is 26.0. The molecule has 2 aliphatic heterocycles. The number of amides is 4. The third-order valence-corrected chi connectivity index (χ3v) is 8.85. The van der Waals surface area contributed by atoms with Crippen LogP contribution in [0.15, 0.2) is 67.1 Å². The number of benzene rings is 2. The zero-order valence-corrected chi connectivity index (χ0v) is 26.0. The standard InChI is InChI=1S/C34H41N7O5/c1-40-17-27-24-8-5-9-26(13-24)46-20-32(43)38-29(14-25-15-35-21-36-25)34(45)41(16-23-10-11-23)19-31(42)37-28(33(44)39-30(27)18-40)12-22-6-3-2-4-7-22/h2-9,13,15,21,23,27-30H,10-12,14,16-20H2,1H3,(H,35,36)(H,37,42)(H,38,43)(H,39,44)/t27-,28+,29+,30+/m1/s1. The van der Waals surface area contributed by atoms with Gasteiger partial charge in [-0.25, -0.2) is 4.98 Å². The Balaban J connectivity index is 1.32. The highest BCUT2D eigenvalue weighted by molar-refractivity contribution is 5.93. The first kappa shape index (κ1) is 31.3. The lowest BCUT2D eigenvalue weighted by Crippen LogP contribution is -2.56. The predicted octanol–water partition coefficient (Wildman–Crippen LogP) is 1.01. The Labute approximate surface area is 268 Å². The topological polar surface area (TPSA) is 149 Å². The number of carbonyl (C=O) groups is 4. The number of likely N-dealkylation sites (N-methyl/N-ethyl adjacent to an activating group) is 1. The van der Waals surface area contributed by atoms with Crippen LogP contribution in [0.4, 0.5) is 0 Å². The Bertz CT molecular complexity index is 1530. The summed E-state index contributed by atoms with van der Waals surface area (Å²) >= 11 is 0. The van der Waals surface area contributed by atoms with Crippen molar-refractivity contribution < 1.29 is 23.9 Å². The number of carbonyl (C=O) groups excluding carboxylic acids is 4. The van der Waals surface area contributed by atoms with Crippen LogP contribution in [0.3, 0.4) is 0 Å². The van der Waals surface area contributed by atoms with Crippen molar-refractivity contribution in [1.29, 1.82) is 0 Å². The number of rotatable bonds is 6. The van der Waals surface area contributed by atoms with E-state index in [9.17, 15) is 19.2 Å². The van der Waals surface area contributed by atoms with E-state index in [1.165, 1.54) is 11.2 Å². The summed E-state index contributed by atoms with van der Waals surface area (Å²) in [5.74, 6) is -0.760. The summed E-state index contributed by atoms with van der Waals surface area (Å²) < 4.78 is 5.90. The van der Waals surface area contributed by atoms with Crippen LogP contribution in [0.25, 0.3) is 0 Å². The van der Waals surface area contributed by atoms with Gasteiger partial charge in [-0.1, -0.05) is 42.5 Å². The van der Waals surface area contributed by atoms with Crippen molar-refractivity contribution in [2.24, 2.45) is 5.92 Å². The second kappa shape index (κ2) is 14.2. The molecule has 6 rings (SSSR count). The fraction of sp³-hybridized carbons (Fsp3) is 0.441. The molecule has 3 heterocycles. The smallest absolute Gasteiger partial charge is 0.258 e. The molecule has 12 nitrogen and oxygen atoms in total. The first-order chi connectivity index (χ1) is 22.3. The highest BCUT2D eigenvalue weighted by atomic mass is 16.5. The average Bonchev–Trinajstić information content (AvgIpc) is 3.57. The molecule has 3 aliphatic rings. The van der Waals surface area contributed by atoms with E-state index in [2.05, 4.69) is 30.8 Å². The van der Waals surface area contributed by atoms with E-state index in [1.54, 1.807) is 12.3 Å². The monoisotopic (exact) mass is 627 g/mol.